The first-order chi connectivity index (χ1) is 12.5. The lowest BCUT2D eigenvalue weighted by Gasteiger charge is -2.07. The number of aryl methyl sites for hydroxylation is 1. The van der Waals surface area contributed by atoms with Gasteiger partial charge >= 0.3 is 0 Å². The Bertz CT molecular complexity index is 988. The van der Waals surface area contributed by atoms with Gasteiger partial charge in [0.2, 0.25) is 0 Å². The standard InChI is InChI=1S/C18H15N5O3/c1-12-9-17(21-18(20-12)15-7-2-3-8-16(15)24)22-19-11-13-5-4-6-14(10-13)23(25)26/h2-11,24H,1H3,(H,20,21,22)/b19-11-. The molecule has 0 atom stereocenters. The number of aromatic nitrogens is 2. The lowest BCUT2D eigenvalue weighted by Crippen LogP contribution is -1.99. The smallest absolute Gasteiger partial charge is 0.270 e. The number of nitro groups is 1. The molecule has 0 aliphatic heterocycles. The van der Waals surface area contributed by atoms with Crippen LogP contribution in [0.25, 0.3) is 11.4 Å². The van der Waals surface area contributed by atoms with Gasteiger partial charge in [0, 0.05) is 29.5 Å². The topological polar surface area (TPSA) is 114 Å². The van der Waals surface area contributed by atoms with E-state index in [-0.39, 0.29) is 11.4 Å². The number of phenols is 1. The second kappa shape index (κ2) is 7.39. The van der Waals surface area contributed by atoms with Crippen LogP contribution in [0.3, 0.4) is 0 Å². The monoisotopic (exact) mass is 349 g/mol. The maximum Gasteiger partial charge on any atom is 0.270 e. The summed E-state index contributed by atoms with van der Waals surface area (Å²) in [4.78, 5) is 19.0. The number of nitrogens with zero attached hydrogens (tertiary/aromatic N) is 4. The average molecular weight is 349 g/mol. The predicted molar refractivity (Wildman–Crippen MR) is 98.2 cm³/mol. The van der Waals surface area contributed by atoms with Crippen LogP contribution >= 0.6 is 0 Å². The Labute approximate surface area is 149 Å². The molecule has 1 aromatic heterocycles. The van der Waals surface area contributed by atoms with Crippen molar-refractivity contribution in [2.24, 2.45) is 5.10 Å². The maximum atomic E-state index is 10.8. The number of nitro benzene ring substituents is 1. The van der Waals surface area contributed by atoms with Gasteiger partial charge in [-0.2, -0.15) is 5.10 Å². The van der Waals surface area contributed by atoms with Gasteiger partial charge in [-0.05, 0) is 19.1 Å². The molecular weight excluding hydrogens is 334 g/mol. The number of hydrogen-bond acceptors (Lipinski definition) is 7. The minimum atomic E-state index is -0.461. The van der Waals surface area contributed by atoms with Crippen LogP contribution in [-0.2, 0) is 0 Å². The Morgan fingerprint density at radius 2 is 1.96 bits per heavy atom. The average Bonchev–Trinajstić information content (AvgIpc) is 2.62. The van der Waals surface area contributed by atoms with Crippen LogP contribution in [0.4, 0.5) is 11.5 Å². The molecule has 0 radical (unpaired) electrons. The van der Waals surface area contributed by atoms with Gasteiger partial charge in [-0.1, -0.05) is 24.3 Å². The van der Waals surface area contributed by atoms with Crippen molar-refractivity contribution in [2.45, 2.75) is 6.92 Å². The first kappa shape index (κ1) is 17.0. The summed E-state index contributed by atoms with van der Waals surface area (Å²) in [5, 5.41) is 24.8. The number of hydrogen-bond donors (Lipinski definition) is 2. The molecular formula is C18H15N5O3. The number of rotatable bonds is 5. The van der Waals surface area contributed by atoms with Crippen molar-refractivity contribution in [3.63, 3.8) is 0 Å². The molecule has 0 saturated heterocycles. The number of phenolic OH excluding ortho intramolecular Hbond substituents is 1. The molecule has 1 heterocycles. The Balaban J connectivity index is 1.81. The van der Waals surface area contributed by atoms with Crippen molar-refractivity contribution >= 4 is 17.7 Å². The SMILES string of the molecule is Cc1cc(N/N=C\c2cccc([N+](=O)[O-])c2)nc(-c2ccccc2O)n1. The summed E-state index contributed by atoms with van der Waals surface area (Å²) in [7, 11) is 0. The first-order valence-corrected chi connectivity index (χ1v) is 7.70. The molecule has 0 bridgehead atoms. The van der Waals surface area contributed by atoms with E-state index in [1.165, 1.54) is 18.3 Å². The van der Waals surface area contributed by atoms with Gasteiger partial charge in [-0.15, -0.1) is 0 Å². The summed E-state index contributed by atoms with van der Waals surface area (Å²) in [5.41, 5.74) is 4.57. The zero-order chi connectivity index (χ0) is 18.5. The quantitative estimate of drug-likeness (QED) is 0.414. The summed E-state index contributed by atoms with van der Waals surface area (Å²) in [6, 6.07) is 14.6. The highest BCUT2D eigenvalue weighted by Gasteiger charge is 2.09. The number of benzene rings is 2. The van der Waals surface area contributed by atoms with Crippen molar-refractivity contribution in [3.05, 3.63) is 76.0 Å². The van der Waals surface area contributed by atoms with E-state index in [0.717, 1.165) is 0 Å². The summed E-state index contributed by atoms with van der Waals surface area (Å²) >= 11 is 0. The van der Waals surface area contributed by atoms with Crippen molar-refractivity contribution < 1.29 is 10.0 Å². The molecule has 130 valence electrons. The molecule has 8 nitrogen and oxygen atoms in total. The van der Waals surface area contributed by atoms with Crippen molar-refractivity contribution in [1.82, 2.24) is 9.97 Å². The summed E-state index contributed by atoms with van der Waals surface area (Å²) < 4.78 is 0. The fourth-order valence-corrected chi connectivity index (χ4v) is 2.30. The van der Waals surface area contributed by atoms with Gasteiger partial charge in [-0.25, -0.2) is 9.97 Å². The largest absolute Gasteiger partial charge is 0.507 e. The second-order valence-electron chi connectivity index (χ2n) is 5.46. The molecule has 0 spiro atoms. The molecule has 3 aromatic rings. The summed E-state index contributed by atoms with van der Waals surface area (Å²) in [6.45, 7) is 1.81. The maximum absolute atomic E-state index is 10.8. The Morgan fingerprint density at radius 3 is 2.73 bits per heavy atom. The third kappa shape index (κ3) is 3.99. The summed E-state index contributed by atoms with van der Waals surface area (Å²) in [6.07, 6.45) is 1.46. The molecule has 0 amide bonds. The fraction of sp³-hybridized carbons (Fsp3) is 0.0556. The van der Waals surface area contributed by atoms with Crippen LogP contribution in [0.1, 0.15) is 11.3 Å². The molecule has 3 rings (SSSR count). The number of anilines is 1. The minimum Gasteiger partial charge on any atom is -0.507 e. The normalized spacial score (nSPS) is 10.8. The van der Waals surface area contributed by atoms with Crippen LogP contribution < -0.4 is 5.43 Å². The van der Waals surface area contributed by atoms with Crippen molar-refractivity contribution in [1.29, 1.82) is 0 Å². The number of para-hydroxylation sites is 1. The molecule has 26 heavy (non-hydrogen) atoms. The van der Waals surface area contributed by atoms with E-state index < -0.39 is 4.92 Å². The molecule has 8 heteroatoms. The third-order valence-corrected chi connectivity index (χ3v) is 3.47. The molecule has 0 aliphatic rings. The zero-order valence-electron chi connectivity index (χ0n) is 13.8. The van der Waals surface area contributed by atoms with Gasteiger partial charge in [0.15, 0.2) is 11.6 Å². The Kier molecular flexibility index (Phi) is 4.84. The first-order valence-electron chi connectivity index (χ1n) is 7.70. The molecule has 0 unspecified atom stereocenters. The van der Waals surface area contributed by atoms with Crippen LogP contribution in [0.15, 0.2) is 59.7 Å². The van der Waals surface area contributed by atoms with Crippen LogP contribution in [-0.4, -0.2) is 26.2 Å². The highest BCUT2D eigenvalue weighted by atomic mass is 16.6. The molecule has 2 aromatic carbocycles. The number of hydrazone groups is 1. The number of nitrogens with one attached hydrogen (secondary N) is 1. The van der Waals surface area contributed by atoms with Gasteiger partial charge in [0.1, 0.15) is 5.75 Å². The fourth-order valence-electron chi connectivity index (χ4n) is 2.30. The van der Waals surface area contributed by atoms with Gasteiger partial charge < -0.3 is 5.11 Å². The molecule has 2 N–H and O–H groups in total. The second-order valence-corrected chi connectivity index (χ2v) is 5.46. The van der Waals surface area contributed by atoms with Gasteiger partial charge in [0.25, 0.3) is 5.69 Å². The van der Waals surface area contributed by atoms with Crippen LogP contribution in [0.2, 0.25) is 0 Å². The lowest BCUT2D eigenvalue weighted by atomic mass is 10.2. The predicted octanol–water partition coefficient (Wildman–Crippen LogP) is 3.51. The van der Waals surface area contributed by atoms with E-state index in [1.807, 2.05) is 0 Å². The van der Waals surface area contributed by atoms with Crippen molar-refractivity contribution in [3.8, 4) is 17.1 Å². The summed E-state index contributed by atoms with van der Waals surface area (Å²) in [5.74, 6) is 0.901. The van der Waals surface area contributed by atoms with E-state index in [2.05, 4.69) is 20.5 Å². The molecule has 0 fully saturated rings. The zero-order valence-corrected chi connectivity index (χ0v) is 13.8. The van der Waals surface area contributed by atoms with E-state index in [4.69, 9.17) is 0 Å². The Morgan fingerprint density at radius 1 is 1.15 bits per heavy atom. The number of aromatic hydroxyl groups is 1. The number of non-ortho nitro benzene ring substituents is 1. The third-order valence-electron chi connectivity index (χ3n) is 3.47. The highest BCUT2D eigenvalue weighted by Crippen LogP contribution is 2.26. The van der Waals surface area contributed by atoms with E-state index in [0.29, 0.717) is 28.5 Å². The molecule has 0 aliphatic carbocycles. The molecule has 0 saturated carbocycles. The van der Waals surface area contributed by atoms with E-state index in [9.17, 15) is 15.2 Å². The van der Waals surface area contributed by atoms with E-state index >= 15 is 0 Å². The van der Waals surface area contributed by atoms with Crippen LogP contribution in [0, 0.1) is 17.0 Å². The minimum absolute atomic E-state index is 0.00586. The Hall–Kier alpha value is -3.81. The van der Waals surface area contributed by atoms with Crippen molar-refractivity contribution in [2.75, 3.05) is 5.43 Å². The van der Waals surface area contributed by atoms with Gasteiger partial charge in [0.05, 0.1) is 16.7 Å². The van der Waals surface area contributed by atoms with Gasteiger partial charge in [-0.3, -0.25) is 15.5 Å². The van der Waals surface area contributed by atoms with Crippen LogP contribution in [0.5, 0.6) is 5.75 Å². The van der Waals surface area contributed by atoms with E-state index in [1.54, 1.807) is 49.4 Å². The lowest BCUT2D eigenvalue weighted by molar-refractivity contribution is -0.384. The highest BCUT2D eigenvalue weighted by molar-refractivity contribution is 5.81.